The van der Waals surface area contributed by atoms with Crippen LogP contribution in [0.2, 0.25) is 0 Å². The van der Waals surface area contributed by atoms with Gasteiger partial charge in [-0.05, 0) is 37.5 Å². The van der Waals surface area contributed by atoms with Crippen molar-refractivity contribution in [3.8, 4) is 0 Å². The Morgan fingerprint density at radius 3 is 2.70 bits per heavy atom. The molecule has 3 rings (SSSR count). The van der Waals surface area contributed by atoms with Gasteiger partial charge in [0.25, 0.3) is 0 Å². The maximum atomic E-state index is 12.0. The van der Waals surface area contributed by atoms with Crippen LogP contribution in [-0.2, 0) is 9.47 Å². The molecule has 1 fully saturated rings. The molecule has 0 spiro atoms. The van der Waals surface area contributed by atoms with Crippen LogP contribution >= 0.6 is 0 Å². The topological polar surface area (TPSA) is 55.8 Å². The van der Waals surface area contributed by atoms with Crippen LogP contribution in [0.1, 0.15) is 48.9 Å². The third kappa shape index (κ3) is 3.94. The third-order valence-corrected chi connectivity index (χ3v) is 4.92. The Hall–Kier alpha value is -1.81. The summed E-state index contributed by atoms with van der Waals surface area (Å²) in [6.45, 7) is 0.213. The number of carbonyl (C=O) groups is 1. The molecule has 2 aliphatic rings. The van der Waals surface area contributed by atoms with Crippen molar-refractivity contribution in [1.82, 2.24) is 0 Å². The molecule has 0 aromatic heterocycles. The quantitative estimate of drug-likeness (QED) is 0.864. The lowest BCUT2D eigenvalue weighted by molar-refractivity contribution is -0.0642. The Kier molecular flexibility index (Phi) is 5.01. The number of benzene rings is 1. The van der Waals surface area contributed by atoms with Crippen LogP contribution in [0.5, 0.6) is 0 Å². The first-order valence-corrected chi connectivity index (χ1v) is 8.44. The van der Waals surface area contributed by atoms with Crippen LogP contribution in [0.3, 0.4) is 0 Å². The van der Waals surface area contributed by atoms with E-state index in [0.29, 0.717) is 12.0 Å². The number of hydrogen-bond donors (Lipinski definition) is 1. The average molecular weight is 316 g/mol. The Morgan fingerprint density at radius 1 is 1.22 bits per heavy atom. The van der Waals surface area contributed by atoms with Crippen molar-refractivity contribution < 1.29 is 19.4 Å². The molecule has 1 N–H and O–H groups in total. The van der Waals surface area contributed by atoms with Gasteiger partial charge in [0, 0.05) is 5.92 Å². The molecule has 1 aliphatic carbocycles. The number of aliphatic hydroxyl groups is 1. The van der Waals surface area contributed by atoms with Crippen LogP contribution in [0.25, 0.3) is 0 Å². The lowest BCUT2D eigenvalue weighted by Crippen LogP contribution is -2.42. The number of rotatable bonds is 4. The molecular formula is C19H24O4. The number of hydrogen-bond acceptors (Lipinski definition) is 4. The molecule has 0 saturated heterocycles. The van der Waals surface area contributed by atoms with Crippen molar-refractivity contribution in [2.24, 2.45) is 5.92 Å². The van der Waals surface area contributed by atoms with Gasteiger partial charge in [0.2, 0.25) is 0 Å². The van der Waals surface area contributed by atoms with Gasteiger partial charge in [-0.25, -0.2) is 4.79 Å². The molecule has 1 unspecified atom stereocenters. The van der Waals surface area contributed by atoms with Crippen LogP contribution in [0, 0.1) is 5.92 Å². The van der Waals surface area contributed by atoms with Gasteiger partial charge in [-0.3, -0.25) is 0 Å². The summed E-state index contributed by atoms with van der Waals surface area (Å²) in [5, 5.41) is 10.9. The molecule has 23 heavy (non-hydrogen) atoms. The van der Waals surface area contributed by atoms with E-state index in [0.717, 1.165) is 25.7 Å². The Bertz CT molecular complexity index is 546. The van der Waals surface area contributed by atoms with Crippen molar-refractivity contribution in [1.29, 1.82) is 0 Å². The van der Waals surface area contributed by atoms with E-state index in [1.54, 1.807) is 18.4 Å². The van der Waals surface area contributed by atoms with Gasteiger partial charge in [-0.1, -0.05) is 37.5 Å². The van der Waals surface area contributed by atoms with Crippen molar-refractivity contribution in [3.63, 3.8) is 0 Å². The molecule has 1 heterocycles. The minimum atomic E-state index is -0.625. The number of esters is 1. The second-order valence-electron chi connectivity index (χ2n) is 6.56. The molecule has 124 valence electrons. The van der Waals surface area contributed by atoms with E-state index >= 15 is 0 Å². The van der Waals surface area contributed by atoms with Crippen molar-refractivity contribution in [2.75, 3.05) is 6.61 Å². The van der Waals surface area contributed by atoms with E-state index < -0.39 is 5.60 Å². The first kappa shape index (κ1) is 16.1. The minimum Gasteiger partial charge on any atom is -0.495 e. The van der Waals surface area contributed by atoms with Crippen LogP contribution in [-0.4, -0.2) is 29.4 Å². The van der Waals surface area contributed by atoms with Crippen LogP contribution in [0.4, 0.5) is 0 Å². The highest BCUT2D eigenvalue weighted by atomic mass is 16.6. The average Bonchev–Trinajstić information content (AvgIpc) is 2.61. The summed E-state index contributed by atoms with van der Waals surface area (Å²) in [7, 11) is 0. The second-order valence-corrected chi connectivity index (χ2v) is 6.56. The summed E-state index contributed by atoms with van der Waals surface area (Å²) in [6.07, 6.45) is 9.16. The summed E-state index contributed by atoms with van der Waals surface area (Å²) in [4.78, 5) is 12.0. The molecule has 0 bridgehead atoms. The molecule has 0 radical (unpaired) electrons. The highest BCUT2D eigenvalue weighted by Gasteiger charge is 2.39. The smallest absolute Gasteiger partial charge is 0.338 e. The van der Waals surface area contributed by atoms with E-state index in [1.807, 2.05) is 24.3 Å². The van der Waals surface area contributed by atoms with Gasteiger partial charge in [-0.15, -0.1) is 0 Å². The fourth-order valence-corrected chi connectivity index (χ4v) is 3.54. The molecule has 4 nitrogen and oxygen atoms in total. The predicted octanol–water partition coefficient (Wildman–Crippen LogP) is 3.46. The van der Waals surface area contributed by atoms with Crippen LogP contribution < -0.4 is 0 Å². The van der Waals surface area contributed by atoms with Gasteiger partial charge in [0.15, 0.2) is 0 Å². The first-order valence-electron chi connectivity index (χ1n) is 8.44. The van der Waals surface area contributed by atoms with Crippen molar-refractivity contribution >= 4 is 5.97 Å². The summed E-state index contributed by atoms with van der Waals surface area (Å²) in [5.74, 6) is -0.256. The van der Waals surface area contributed by atoms with Crippen LogP contribution in [0.15, 0.2) is 42.7 Å². The molecular weight excluding hydrogens is 292 g/mol. The Labute approximate surface area is 137 Å². The standard InChI is InChI=1S/C19H24O4/c20-18(15-7-3-1-4-8-15)23-14-17-13-16(9-12-22-17)19(21)10-5-2-6-11-19/h1,3-4,7-9,12,16-17,21H,2,5-6,10-11,13-14H2/t16?,17-/m0/s1. The molecule has 4 heteroatoms. The number of ether oxygens (including phenoxy) is 2. The maximum Gasteiger partial charge on any atom is 0.338 e. The van der Waals surface area contributed by atoms with E-state index in [9.17, 15) is 9.90 Å². The normalized spacial score (nSPS) is 26.3. The number of carbonyl (C=O) groups excluding carboxylic acids is 1. The van der Waals surface area contributed by atoms with E-state index in [4.69, 9.17) is 9.47 Å². The van der Waals surface area contributed by atoms with Gasteiger partial charge in [0.05, 0.1) is 17.4 Å². The van der Waals surface area contributed by atoms with Gasteiger partial charge >= 0.3 is 5.97 Å². The fraction of sp³-hybridized carbons (Fsp3) is 0.526. The van der Waals surface area contributed by atoms with Crippen molar-refractivity contribution in [3.05, 3.63) is 48.2 Å². The van der Waals surface area contributed by atoms with E-state index in [1.165, 1.54) is 6.42 Å². The maximum absolute atomic E-state index is 12.0. The first-order chi connectivity index (χ1) is 11.2. The highest BCUT2D eigenvalue weighted by Crippen LogP contribution is 2.39. The largest absolute Gasteiger partial charge is 0.495 e. The predicted molar refractivity (Wildman–Crippen MR) is 86.9 cm³/mol. The SMILES string of the molecule is O=C(OC[C@@H]1CC(C2(O)CCCCC2)C=CO1)c1ccccc1. The zero-order valence-electron chi connectivity index (χ0n) is 13.3. The molecule has 1 aliphatic heterocycles. The summed E-state index contributed by atoms with van der Waals surface area (Å²) in [5.41, 5.74) is -0.0819. The summed E-state index contributed by atoms with van der Waals surface area (Å²) >= 11 is 0. The molecule has 0 amide bonds. The van der Waals surface area contributed by atoms with Gasteiger partial charge < -0.3 is 14.6 Å². The highest BCUT2D eigenvalue weighted by molar-refractivity contribution is 5.89. The molecule has 2 atom stereocenters. The minimum absolute atomic E-state index is 0.0805. The van der Waals surface area contributed by atoms with Gasteiger partial charge in [-0.2, -0.15) is 0 Å². The zero-order valence-corrected chi connectivity index (χ0v) is 13.3. The fourth-order valence-electron chi connectivity index (χ4n) is 3.54. The Balaban J connectivity index is 1.54. The molecule has 1 aromatic rings. The summed E-state index contributed by atoms with van der Waals surface area (Å²) in [6, 6.07) is 8.95. The van der Waals surface area contributed by atoms with Gasteiger partial charge in [0.1, 0.15) is 12.7 Å². The molecule has 1 saturated carbocycles. The molecule has 1 aromatic carbocycles. The Morgan fingerprint density at radius 2 is 1.96 bits per heavy atom. The zero-order chi connectivity index (χ0) is 16.1. The summed E-state index contributed by atoms with van der Waals surface area (Å²) < 4.78 is 10.9. The lowest BCUT2D eigenvalue weighted by Gasteiger charge is -2.40. The van der Waals surface area contributed by atoms with E-state index in [2.05, 4.69) is 0 Å². The van der Waals surface area contributed by atoms with E-state index in [-0.39, 0.29) is 24.6 Å². The third-order valence-electron chi connectivity index (χ3n) is 4.92. The van der Waals surface area contributed by atoms with Crippen molar-refractivity contribution in [2.45, 2.75) is 50.2 Å². The second kappa shape index (κ2) is 7.18. The monoisotopic (exact) mass is 316 g/mol. The lowest BCUT2D eigenvalue weighted by atomic mass is 9.73.